The summed E-state index contributed by atoms with van der Waals surface area (Å²) in [5, 5.41) is 13.5. The predicted octanol–water partition coefficient (Wildman–Crippen LogP) is 4.97. The van der Waals surface area contributed by atoms with Gasteiger partial charge in [0.25, 0.3) is 0 Å². The number of hydrogen-bond acceptors (Lipinski definition) is 2. The number of phenols is 1. The number of hydrogen-bond donors (Lipinski definition) is 2. The number of aryl methyl sites for hydroxylation is 1. The lowest BCUT2D eigenvalue weighted by Gasteiger charge is -2.21. The molecular formula is C25H27NO2. The van der Waals surface area contributed by atoms with Gasteiger partial charge in [-0.2, -0.15) is 0 Å². The Morgan fingerprint density at radius 3 is 2.29 bits per heavy atom. The minimum absolute atomic E-state index is 0.0156. The van der Waals surface area contributed by atoms with E-state index in [0.29, 0.717) is 6.42 Å². The van der Waals surface area contributed by atoms with Crippen molar-refractivity contribution in [2.45, 2.75) is 38.6 Å². The van der Waals surface area contributed by atoms with Crippen LogP contribution in [0.3, 0.4) is 0 Å². The van der Waals surface area contributed by atoms with Gasteiger partial charge in [-0.25, -0.2) is 0 Å². The van der Waals surface area contributed by atoms with Gasteiger partial charge >= 0.3 is 0 Å². The summed E-state index contributed by atoms with van der Waals surface area (Å²) in [7, 11) is 0. The molecule has 3 nitrogen and oxygen atoms in total. The van der Waals surface area contributed by atoms with Crippen molar-refractivity contribution in [3.63, 3.8) is 0 Å². The molecule has 3 rings (SSSR count). The number of carbonyl (C=O) groups is 1. The topological polar surface area (TPSA) is 49.3 Å². The standard InChI is InChI=1S/C25H27NO2/c1-18-13-14-24(27)23(15-18)22(21-11-7-4-8-12-21)17-25(28)26-19(2)16-20-9-5-3-6-10-20/h3-15,19,22,27H,16-17H2,1-2H3,(H,26,28)/t19-,22+/m1/s1. The lowest BCUT2D eigenvalue weighted by molar-refractivity contribution is -0.121. The molecule has 0 unspecified atom stereocenters. The summed E-state index contributed by atoms with van der Waals surface area (Å²) in [5.74, 6) is 0.0211. The lowest BCUT2D eigenvalue weighted by Crippen LogP contribution is -2.35. The van der Waals surface area contributed by atoms with E-state index in [9.17, 15) is 9.90 Å². The molecule has 0 aliphatic carbocycles. The predicted molar refractivity (Wildman–Crippen MR) is 113 cm³/mol. The zero-order valence-corrected chi connectivity index (χ0v) is 16.4. The average Bonchev–Trinajstić information content (AvgIpc) is 2.69. The summed E-state index contributed by atoms with van der Waals surface area (Å²) in [4.78, 5) is 12.8. The molecule has 3 aromatic carbocycles. The number of rotatable bonds is 7. The maximum atomic E-state index is 12.8. The monoisotopic (exact) mass is 373 g/mol. The van der Waals surface area contributed by atoms with Gasteiger partial charge in [-0.3, -0.25) is 4.79 Å². The van der Waals surface area contributed by atoms with Crippen LogP contribution in [-0.4, -0.2) is 17.1 Å². The van der Waals surface area contributed by atoms with E-state index >= 15 is 0 Å². The van der Waals surface area contributed by atoms with E-state index in [2.05, 4.69) is 17.4 Å². The fraction of sp³-hybridized carbons (Fsp3) is 0.240. The third-order valence-electron chi connectivity index (χ3n) is 4.94. The summed E-state index contributed by atoms with van der Waals surface area (Å²) in [6, 6.07) is 25.6. The van der Waals surface area contributed by atoms with Gasteiger partial charge in [-0.15, -0.1) is 0 Å². The van der Waals surface area contributed by atoms with Crippen LogP contribution in [0.1, 0.15) is 41.5 Å². The van der Waals surface area contributed by atoms with Crippen molar-refractivity contribution in [3.05, 3.63) is 101 Å². The Morgan fingerprint density at radius 1 is 0.964 bits per heavy atom. The second-order valence-corrected chi connectivity index (χ2v) is 7.39. The molecule has 3 heteroatoms. The Hall–Kier alpha value is -3.07. The van der Waals surface area contributed by atoms with Crippen molar-refractivity contribution in [1.29, 1.82) is 0 Å². The van der Waals surface area contributed by atoms with Crippen molar-refractivity contribution >= 4 is 5.91 Å². The first-order valence-corrected chi connectivity index (χ1v) is 9.70. The van der Waals surface area contributed by atoms with Crippen LogP contribution in [0, 0.1) is 6.92 Å². The SMILES string of the molecule is Cc1ccc(O)c([C@@H](CC(=O)N[C@H](C)Cc2ccccc2)c2ccccc2)c1. The van der Waals surface area contributed by atoms with Gasteiger partial charge in [-0.05, 0) is 37.5 Å². The number of benzene rings is 3. The molecule has 0 heterocycles. The van der Waals surface area contributed by atoms with Crippen LogP contribution in [0.25, 0.3) is 0 Å². The van der Waals surface area contributed by atoms with Crippen molar-refractivity contribution in [1.82, 2.24) is 5.32 Å². The van der Waals surface area contributed by atoms with Crippen molar-refractivity contribution in [2.24, 2.45) is 0 Å². The first kappa shape index (κ1) is 19.7. The number of aromatic hydroxyl groups is 1. The highest BCUT2D eigenvalue weighted by Crippen LogP contribution is 2.34. The summed E-state index contributed by atoms with van der Waals surface area (Å²) < 4.78 is 0. The molecule has 3 aromatic rings. The maximum absolute atomic E-state index is 12.8. The third-order valence-corrected chi connectivity index (χ3v) is 4.94. The molecular weight excluding hydrogens is 346 g/mol. The van der Waals surface area contributed by atoms with Crippen LogP contribution in [0.5, 0.6) is 5.75 Å². The van der Waals surface area contributed by atoms with Crippen LogP contribution >= 0.6 is 0 Å². The first-order valence-electron chi connectivity index (χ1n) is 9.70. The van der Waals surface area contributed by atoms with E-state index in [1.807, 2.05) is 74.5 Å². The Kier molecular flexibility index (Phi) is 6.49. The van der Waals surface area contributed by atoms with Crippen LogP contribution in [0.2, 0.25) is 0 Å². The molecule has 0 spiro atoms. The summed E-state index contributed by atoms with van der Waals surface area (Å²) in [6.07, 6.45) is 1.08. The molecule has 28 heavy (non-hydrogen) atoms. The van der Waals surface area contributed by atoms with Gasteiger partial charge in [0.05, 0.1) is 0 Å². The molecule has 1 amide bonds. The van der Waals surface area contributed by atoms with E-state index in [0.717, 1.165) is 23.1 Å². The number of carbonyl (C=O) groups excluding carboxylic acids is 1. The molecule has 2 atom stereocenters. The second kappa shape index (κ2) is 9.23. The fourth-order valence-electron chi connectivity index (χ4n) is 3.58. The smallest absolute Gasteiger partial charge is 0.221 e. The van der Waals surface area contributed by atoms with E-state index in [1.165, 1.54) is 5.56 Å². The molecule has 0 aliphatic rings. The second-order valence-electron chi connectivity index (χ2n) is 7.39. The van der Waals surface area contributed by atoms with Crippen LogP contribution in [-0.2, 0) is 11.2 Å². The van der Waals surface area contributed by atoms with Crippen LogP contribution in [0.4, 0.5) is 0 Å². The molecule has 2 N–H and O–H groups in total. The number of phenolic OH excluding ortho intramolecular Hbond substituents is 1. The number of amides is 1. The fourth-order valence-corrected chi connectivity index (χ4v) is 3.58. The van der Waals surface area contributed by atoms with Gasteiger partial charge in [0, 0.05) is 23.9 Å². The highest BCUT2D eigenvalue weighted by atomic mass is 16.3. The largest absolute Gasteiger partial charge is 0.508 e. The van der Waals surface area contributed by atoms with E-state index in [1.54, 1.807) is 6.07 Å². The highest BCUT2D eigenvalue weighted by molar-refractivity contribution is 5.78. The zero-order valence-electron chi connectivity index (χ0n) is 16.4. The summed E-state index contributed by atoms with van der Waals surface area (Å²) in [5.41, 5.74) is 4.07. The molecule has 0 aromatic heterocycles. The minimum Gasteiger partial charge on any atom is -0.508 e. The third kappa shape index (κ3) is 5.23. The molecule has 0 aliphatic heterocycles. The Bertz CT molecular complexity index is 906. The van der Waals surface area contributed by atoms with Gasteiger partial charge < -0.3 is 10.4 Å². The van der Waals surface area contributed by atoms with Crippen LogP contribution in [0.15, 0.2) is 78.9 Å². The average molecular weight is 373 g/mol. The van der Waals surface area contributed by atoms with E-state index < -0.39 is 0 Å². The Morgan fingerprint density at radius 2 is 1.61 bits per heavy atom. The van der Waals surface area contributed by atoms with Gasteiger partial charge in [0.15, 0.2) is 0 Å². The molecule has 0 fully saturated rings. The summed E-state index contributed by atoms with van der Waals surface area (Å²) in [6.45, 7) is 4.01. The minimum atomic E-state index is -0.190. The van der Waals surface area contributed by atoms with Gasteiger partial charge in [-0.1, -0.05) is 78.4 Å². The normalized spacial score (nSPS) is 12.9. The number of nitrogens with one attached hydrogen (secondary N) is 1. The first-order chi connectivity index (χ1) is 13.5. The molecule has 0 saturated carbocycles. The van der Waals surface area contributed by atoms with E-state index in [-0.39, 0.29) is 23.6 Å². The Balaban J connectivity index is 1.76. The van der Waals surface area contributed by atoms with Crippen molar-refractivity contribution in [3.8, 4) is 5.75 Å². The maximum Gasteiger partial charge on any atom is 0.221 e. The molecule has 0 bridgehead atoms. The van der Waals surface area contributed by atoms with Crippen molar-refractivity contribution < 1.29 is 9.90 Å². The summed E-state index contributed by atoms with van der Waals surface area (Å²) >= 11 is 0. The Labute approximate surface area is 167 Å². The lowest BCUT2D eigenvalue weighted by atomic mass is 9.87. The molecule has 0 radical (unpaired) electrons. The highest BCUT2D eigenvalue weighted by Gasteiger charge is 2.22. The van der Waals surface area contributed by atoms with Crippen molar-refractivity contribution in [2.75, 3.05) is 0 Å². The molecule has 144 valence electrons. The zero-order chi connectivity index (χ0) is 19.9. The van der Waals surface area contributed by atoms with E-state index in [4.69, 9.17) is 0 Å². The van der Waals surface area contributed by atoms with Crippen LogP contribution < -0.4 is 5.32 Å². The molecule has 0 saturated heterocycles. The van der Waals surface area contributed by atoms with Gasteiger partial charge in [0.2, 0.25) is 5.91 Å². The quantitative estimate of drug-likeness (QED) is 0.614. The van der Waals surface area contributed by atoms with Gasteiger partial charge in [0.1, 0.15) is 5.75 Å².